The number of benzene rings is 2. The van der Waals surface area contributed by atoms with E-state index in [9.17, 15) is 4.79 Å². The molecule has 1 aliphatic heterocycles. The molecule has 0 spiro atoms. The number of carbonyl (C=O) groups is 1. The number of anilines is 2. The van der Waals surface area contributed by atoms with E-state index in [2.05, 4.69) is 20.6 Å². The number of halogens is 1. The summed E-state index contributed by atoms with van der Waals surface area (Å²) in [6, 6.07) is 16.4. The fourth-order valence-corrected chi connectivity index (χ4v) is 4.41. The summed E-state index contributed by atoms with van der Waals surface area (Å²) < 4.78 is 5.39. The van der Waals surface area contributed by atoms with Gasteiger partial charge < -0.3 is 20.3 Å². The van der Waals surface area contributed by atoms with E-state index < -0.39 is 6.04 Å². The van der Waals surface area contributed by atoms with Gasteiger partial charge in [0.15, 0.2) is 5.82 Å². The number of fused-ring (bicyclic) bond motifs is 1. The van der Waals surface area contributed by atoms with Crippen molar-refractivity contribution in [3.63, 3.8) is 0 Å². The number of ether oxygens (including phenoxy) is 1. The number of hydrogen-bond donors (Lipinski definition) is 2. The van der Waals surface area contributed by atoms with Gasteiger partial charge in [0.1, 0.15) is 23.6 Å². The van der Waals surface area contributed by atoms with Crippen LogP contribution in [0.15, 0.2) is 60.9 Å². The van der Waals surface area contributed by atoms with E-state index in [0.717, 1.165) is 34.6 Å². The van der Waals surface area contributed by atoms with E-state index in [0.29, 0.717) is 35.1 Å². The van der Waals surface area contributed by atoms with Crippen LogP contribution in [0.5, 0.6) is 5.75 Å². The highest BCUT2D eigenvalue weighted by Gasteiger charge is 2.31. The van der Waals surface area contributed by atoms with Crippen LogP contribution in [0.25, 0.3) is 22.3 Å². The van der Waals surface area contributed by atoms with E-state index in [1.165, 1.54) is 6.33 Å². The van der Waals surface area contributed by atoms with Crippen molar-refractivity contribution in [3.8, 4) is 17.0 Å². The maximum absolute atomic E-state index is 13.3. The Hall–Kier alpha value is -3.75. The predicted molar refractivity (Wildman–Crippen MR) is 138 cm³/mol. The van der Waals surface area contributed by atoms with Gasteiger partial charge in [-0.3, -0.25) is 4.79 Å². The third-order valence-electron chi connectivity index (χ3n) is 6.08. The first kappa shape index (κ1) is 23.0. The van der Waals surface area contributed by atoms with Gasteiger partial charge in [-0.25, -0.2) is 15.0 Å². The zero-order chi connectivity index (χ0) is 24.4. The van der Waals surface area contributed by atoms with Crippen LogP contribution in [-0.2, 0) is 4.79 Å². The quantitative estimate of drug-likeness (QED) is 0.437. The minimum Gasteiger partial charge on any atom is -0.496 e. The van der Waals surface area contributed by atoms with Crippen LogP contribution in [0.4, 0.5) is 11.5 Å². The van der Waals surface area contributed by atoms with Crippen molar-refractivity contribution < 1.29 is 9.53 Å². The van der Waals surface area contributed by atoms with Gasteiger partial charge >= 0.3 is 0 Å². The molecular weight excluding hydrogens is 464 g/mol. The molecule has 0 aliphatic carbocycles. The zero-order valence-electron chi connectivity index (χ0n) is 19.5. The molecule has 0 saturated carbocycles. The maximum atomic E-state index is 13.3. The topological polar surface area (TPSA) is 92.3 Å². The minimum atomic E-state index is -0.466. The first-order valence-corrected chi connectivity index (χ1v) is 11.7. The van der Waals surface area contributed by atoms with E-state index >= 15 is 0 Å². The molecule has 2 aromatic carbocycles. The van der Waals surface area contributed by atoms with Gasteiger partial charge in [-0.1, -0.05) is 11.6 Å². The summed E-state index contributed by atoms with van der Waals surface area (Å²) in [7, 11) is 1.66. The summed E-state index contributed by atoms with van der Waals surface area (Å²) in [6.45, 7) is 3.83. The van der Waals surface area contributed by atoms with Crippen LogP contribution >= 0.6 is 11.6 Å². The molecule has 0 bridgehead atoms. The highest BCUT2D eigenvalue weighted by Crippen LogP contribution is 2.29. The molecule has 8 nitrogen and oxygen atoms in total. The van der Waals surface area contributed by atoms with Crippen molar-refractivity contribution in [3.05, 3.63) is 71.5 Å². The molecule has 2 N–H and O–H groups in total. The smallest absolute Gasteiger partial charge is 0.248 e. The Bertz CT molecular complexity index is 1380. The number of methoxy groups -OCH3 is 1. The van der Waals surface area contributed by atoms with Gasteiger partial charge in [-0.2, -0.15) is 0 Å². The Kier molecular flexibility index (Phi) is 6.48. The van der Waals surface area contributed by atoms with Gasteiger partial charge in [-0.05, 0) is 67.1 Å². The highest BCUT2D eigenvalue weighted by atomic mass is 35.5. The summed E-state index contributed by atoms with van der Waals surface area (Å²) in [5.74, 6) is 1.34. The molecule has 178 valence electrons. The van der Waals surface area contributed by atoms with Gasteiger partial charge in [0.05, 0.1) is 18.3 Å². The van der Waals surface area contributed by atoms with Crippen LogP contribution in [0.2, 0.25) is 5.02 Å². The molecule has 35 heavy (non-hydrogen) atoms. The standard InChI is InChI=1S/C26H25ClN6O2/c1-16-13-17(3-10-23(16)35-2)20-8-9-21-24(32-20)25(30-15-29-21)33-12-11-28-14-22(33)26(34)31-19-6-4-18(27)5-7-19/h3-10,13,15,22,28H,11-12,14H2,1-2H3,(H,31,34). The minimum absolute atomic E-state index is 0.131. The summed E-state index contributed by atoms with van der Waals surface area (Å²) in [5, 5.41) is 6.92. The molecular formula is C26H25ClN6O2. The number of rotatable bonds is 5. The second-order valence-electron chi connectivity index (χ2n) is 8.36. The number of hydrogen-bond acceptors (Lipinski definition) is 7. The Morgan fingerprint density at radius 1 is 1.14 bits per heavy atom. The molecule has 0 radical (unpaired) electrons. The van der Waals surface area contributed by atoms with Gasteiger partial charge in [-0.15, -0.1) is 0 Å². The highest BCUT2D eigenvalue weighted by molar-refractivity contribution is 6.30. The number of nitrogens with one attached hydrogen (secondary N) is 2. The lowest BCUT2D eigenvalue weighted by atomic mass is 10.1. The van der Waals surface area contributed by atoms with Crippen LogP contribution in [0.3, 0.4) is 0 Å². The van der Waals surface area contributed by atoms with Crippen LogP contribution in [-0.4, -0.2) is 53.6 Å². The average Bonchev–Trinajstić information content (AvgIpc) is 2.89. The lowest BCUT2D eigenvalue weighted by Gasteiger charge is -2.36. The Labute approximate surface area is 208 Å². The van der Waals surface area contributed by atoms with Gasteiger partial charge in [0.2, 0.25) is 5.91 Å². The lowest BCUT2D eigenvalue weighted by molar-refractivity contribution is -0.117. The molecule has 1 atom stereocenters. The number of pyridine rings is 1. The van der Waals surface area contributed by atoms with Crippen LogP contribution in [0, 0.1) is 6.92 Å². The molecule has 1 unspecified atom stereocenters. The summed E-state index contributed by atoms with van der Waals surface area (Å²) in [4.78, 5) is 29.2. The Morgan fingerprint density at radius 3 is 2.74 bits per heavy atom. The second kappa shape index (κ2) is 9.85. The molecule has 1 saturated heterocycles. The normalized spacial score (nSPS) is 15.7. The van der Waals surface area contributed by atoms with Crippen molar-refractivity contribution in [2.75, 3.05) is 37.0 Å². The number of nitrogens with zero attached hydrogens (tertiary/aromatic N) is 4. The van der Waals surface area contributed by atoms with E-state index in [4.69, 9.17) is 21.3 Å². The van der Waals surface area contributed by atoms with E-state index in [1.807, 2.05) is 42.2 Å². The third-order valence-corrected chi connectivity index (χ3v) is 6.34. The van der Waals surface area contributed by atoms with Crippen molar-refractivity contribution >= 4 is 40.0 Å². The summed E-state index contributed by atoms with van der Waals surface area (Å²) in [6.07, 6.45) is 1.52. The van der Waals surface area contributed by atoms with Crippen molar-refractivity contribution in [1.82, 2.24) is 20.3 Å². The van der Waals surface area contributed by atoms with Crippen LogP contribution < -0.4 is 20.3 Å². The van der Waals surface area contributed by atoms with Crippen LogP contribution in [0.1, 0.15) is 5.56 Å². The van der Waals surface area contributed by atoms with Gasteiger partial charge in [0.25, 0.3) is 0 Å². The fourth-order valence-electron chi connectivity index (χ4n) is 4.29. The molecule has 1 aliphatic rings. The maximum Gasteiger partial charge on any atom is 0.248 e. The van der Waals surface area contributed by atoms with Gasteiger partial charge in [0, 0.05) is 35.9 Å². The molecule has 4 aromatic rings. The first-order valence-electron chi connectivity index (χ1n) is 11.3. The third kappa shape index (κ3) is 4.76. The SMILES string of the molecule is COc1ccc(-c2ccc3ncnc(N4CCNCC4C(=O)Nc4ccc(Cl)cc4)c3n2)cc1C. The summed E-state index contributed by atoms with van der Waals surface area (Å²) in [5.41, 5.74) is 4.86. The molecule has 9 heteroatoms. The first-order chi connectivity index (χ1) is 17.0. The van der Waals surface area contributed by atoms with Crippen molar-refractivity contribution in [2.24, 2.45) is 0 Å². The summed E-state index contributed by atoms with van der Waals surface area (Å²) >= 11 is 5.98. The number of aromatic nitrogens is 3. The fraction of sp³-hybridized carbons (Fsp3) is 0.231. The number of aryl methyl sites for hydroxylation is 1. The molecule has 3 heterocycles. The number of carbonyl (C=O) groups excluding carboxylic acids is 1. The molecule has 2 aromatic heterocycles. The Morgan fingerprint density at radius 2 is 1.97 bits per heavy atom. The molecule has 1 amide bonds. The lowest BCUT2D eigenvalue weighted by Crippen LogP contribution is -2.57. The molecule has 1 fully saturated rings. The van der Waals surface area contributed by atoms with Crippen molar-refractivity contribution in [2.45, 2.75) is 13.0 Å². The Balaban J connectivity index is 1.50. The number of piperazine rings is 1. The largest absolute Gasteiger partial charge is 0.496 e. The zero-order valence-corrected chi connectivity index (χ0v) is 20.2. The van der Waals surface area contributed by atoms with Crippen molar-refractivity contribution in [1.29, 1.82) is 0 Å². The second-order valence-corrected chi connectivity index (χ2v) is 8.79. The molecule has 5 rings (SSSR count). The predicted octanol–water partition coefficient (Wildman–Crippen LogP) is 4.08. The van der Waals surface area contributed by atoms with E-state index in [1.54, 1.807) is 31.4 Å². The monoisotopic (exact) mass is 488 g/mol. The number of amides is 1. The van der Waals surface area contributed by atoms with E-state index in [-0.39, 0.29) is 5.91 Å². The average molecular weight is 489 g/mol.